The monoisotopic (exact) mass is 760 g/mol. The van der Waals surface area contributed by atoms with Crippen molar-refractivity contribution in [2.24, 2.45) is 0 Å². The van der Waals surface area contributed by atoms with E-state index in [2.05, 4.69) is 50.0 Å². The van der Waals surface area contributed by atoms with Crippen LogP contribution in [0.25, 0.3) is 0 Å². The molecule has 0 aromatic heterocycles. The van der Waals surface area contributed by atoms with Crippen molar-refractivity contribution in [3.05, 3.63) is 101 Å². The Bertz CT molecular complexity index is 2050. The molecule has 3 fully saturated rings. The Kier molecular flexibility index (Phi) is 11.8. The molecule has 3 atom stereocenters. The number of allylic oxidation sites excluding steroid dienone is 1. The van der Waals surface area contributed by atoms with Gasteiger partial charge in [0.1, 0.15) is 11.8 Å². The van der Waals surface area contributed by atoms with Gasteiger partial charge in [-0.1, -0.05) is 49.6 Å². The minimum absolute atomic E-state index is 0.00922. The van der Waals surface area contributed by atoms with Gasteiger partial charge in [-0.2, -0.15) is 0 Å². The average Bonchev–Trinajstić information content (AvgIpc) is 3.87. The smallest absolute Gasteiger partial charge is 0.264 e. The first-order chi connectivity index (χ1) is 27.2. The topological polar surface area (TPSA) is 168 Å². The number of amides is 5. The first-order valence-electron chi connectivity index (χ1n) is 19.6. The number of imide groups is 2. The number of rotatable bonds is 17. The summed E-state index contributed by atoms with van der Waals surface area (Å²) in [5.41, 5.74) is 3.73. The molecule has 4 N–H and O–H groups in total. The number of carbonyl (C=O) groups excluding carboxylic acids is 6. The number of likely N-dealkylation sites (tertiary alicyclic amines) is 1. The van der Waals surface area contributed by atoms with Crippen LogP contribution in [0.4, 0.5) is 11.4 Å². The quantitative estimate of drug-likeness (QED) is 0.0663. The highest BCUT2D eigenvalue weighted by Crippen LogP contribution is 2.36. The zero-order valence-corrected chi connectivity index (χ0v) is 31.4. The Balaban J connectivity index is 0.763. The number of phenolic OH excluding ortho intramolecular Hbond substituents is 1. The van der Waals surface area contributed by atoms with Crippen LogP contribution in [0.15, 0.2) is 79.0 Å². The second kappa shape index (κ2) is 17.2. The lowest BCUT2D eigenvalue weighted by Gasteiger charge is -2.35. The number of unbranched alkanes of at least 4 members (excludes halogenated alkanes) is 4. The van der Waals surface area contributed by atoms with Gasteiger partial charge in [-0.25, -0.2) is 0 Å². The minimum Gasteiger partial charge on any atom is -0.507 e. The second-order valence-electron chi connectivity index (χ2n) is 15.0. The molecule has 4 aliphatic rings. The van der Waals surface area contributed by atoms with Crippen molar-refractivity contribution in [2.75, 3.05) is 36.4 Å². The molecule has 0 saturated carbocycles. The summed E-state index contributed by atoms with van der Waals surface area (Å²) < 4.78 is 0. The number of nitrogens with zero attached hydrogens (tertiary/aromatic N) is 3. The Morgan fingerprint density at radius 1 is 0.857 bits per heavy atom. The molecule has 2 bridgehead atoms. The Morgan fingerprint density at radius 2 is 1.66 bits per heavy atom. The third-order valence-electron chi connectivity index (χ3n) is 11.2. The molecule has 0 aliphatic carbocycles. The van der Waals surface area contributed by atoms with Crippen LogP contribution >= 0.6 is 0 Å². The van der Waals surface area contributed by atoms with Gasteiger partial charge in [0.2, 0.25) is 17.7 Å². The number of fused-ring (bicyclic) bond motifs is 3. The van der Waals surface area contributed by atoms with Gasteiger partial charge in [0.05, 0.1) is 16.7 Å². The molecule has 292 valence electrons. The summed E-state index contributed by atoms with van der Waals surface area (Å²) in [6, 6.07) is 19.8. The fraction of sp³-hybridized carbons (Fsp3) is 0.395. The van der Waals surface area contributed by atoms with Gasteiger partial charge >= 0.3 is 0 Å². The molecule has 4 heterocycles. The van der Waals surface area contributed by atoms with Gasteiger partial charge in [0, 0.05) is 74.8 Å². The van der Waals surface area contributed by atoms with Crippen LogP contribution in [-0.4, -0.2) is 94.5 Å². The zero-order chi connectivity index (χ0) is 39.2. The predicted molar refractivity (Wildman–Crippen MR) is 210 cm³/mol. The summed E-state index contributed by atoms with van der Waals surface area (Å²) >= 11 is 0. The van der Waals surface area contributed by atoms with E-state index >= 15 is 0 Å². The second-order valence-corrected chi connectivity index (χ2v) is 15.0. The molecule has 13 heteroatoms. The first kappa shape index (κ1) is 38.3. The molecule has 1 unspecified atom stereocenters. The van der Waals surface area contributed by atoms with Gasteiger partial charge in [-0.15, -0.1) is 0 Å². The molecule has 3 aromatic rings. The third kappa shape index (κ3) is 8.46. The molecule has 13 nitrogen and oxygen atoms in total. The number of benzene rings is 3. The van der Waals surface area contributed by atoms with Gasteiger partial charge in [-0.05, 0) is 74.1 Å². The Morgan fingerprint density at radius 3 is 2.46 bits per heavy atom. The summed E-state index contributed by atoms with van der Waals surface area (Å²) in [5.74, 6) is -2.24. The van der Waals surface area contributed by atoms with Crippen LogP contribution in [0, 0.1) is 0 Å². The van der Waals surface area contributed by atoms with E-state index in [0.717, 1.165) is 62.9 Å². The van der Waals surface area contributed by atoms with E-state index in [1.165, 1.54) is 17.3 Å². The van der Waals surface area contributed by atoms with Gasteiger partial charge in [0.25, 0.3) is 11.8 Å². The normalized spacial score (nSPS) is 20.2. The fourth-order valence-electron chi connectivity index (χ4n) is 8.28. The van der Waals surface area contributed by atoms with Crippen molar-refractivity contribution >= 4 is 46.7 Å². The highest BCUT2D eigenvalue weighted by Gasteiger charge is 2.46. The summed E-state index contributed by atoms with van der Waals surface area (Å²) in [7, 11) is 0. The van der Waals surface area contributed by atoms with Crippen LogP contribution in [0.5, 0.6) is 5.75 Å². The molecular formula is C43H48N6O7. The van der Waals surface area contributed by atoms with Gasteiger partial charge in [-0.3, -0.25) is 39.0 Å². The number of piperidine rings is 1. The number of piperazine rings is 1. The highest BCUT2D eigenvalue weighted by atomic mass is 16.3. The maximum Gasteiger partial charge on any atom is 0.264 e. The van der Waals surface area contributed by atoms with Crippen molar-refractivity contribution in [3.8, 4) is 5.75 Å². The molecule has 3 saturated heterocycles. The number of carbonyl (C=O) groups is 6. The first-order valence-corrected chi connectivity index (χ1v) is 19.6. The van der Waals surface area contributed by atoms with E-state index in [0.29, 0.717) is 42.8 Å². The maximum atomic E-state index is 13.3. The number of hydrogen-bond acceptors (Lipinski definition) is 10. The SMILES string of the molecule is O=C(CCCCCCCNc1cccc2c1C(=O)N(C1CCC(=O)NC1=O)C2=O)NCCc1cccc(N2C[C@H]3C[C@@H]2CN3/C=C/C(=O)c2ccccc2O)c1. The lowest BCUT2D eigenvalue weighted by atomic mass is 10.0. The Hall–Kier alpha value is -5.98. The molecular weight excluding hydrogens is 713 g/mol. The largest absolute Gasteiger partial charge is 0.507 e. The van der Waals surface area contributed by atoms with E-state index in [9.17, 15) is 33.9 Å². The lowest BCUT2D eigenvalue weighted by Crippen LogP contribution is -2.54. The standard InChI is InChI=1S/C43H48N6O7/c50-36-15-6-5-12-32(36)37(51)20-23-47-26-31-25-30(47)27-48(31)29-11-8-10-28(24-29)19-22-45-38(52)16-4-2-1-3-7-21-44-34-14-9-13-33-40(34)43(56)49(42(33)55)35-17-18-39(53)46-41(35)54/h5-6,8-15,20,23-24,30-31,35,44,50H,1-4,7,16-19,21-22,25-27H2,(H,45,52)(H,46,53,54)/b23-20+/t30-,31-,35?/m1/s1. The maximum absolute atomic E-state index is 13.3. The van der Waals surface area contributed by atoms with Crippen molar-refractivity contribution in [2.45, 2.75) is 82.3 Å². The molecule has 0 radical (unpaired) electrons. The number of para-hydroxylation sites is 1. The van der Waals surface area contributed by atoms with Crippen LogP contribution in [0.2, 0.25) is 0 Å². The van der Waals surface area contributed by atoms with E-state index in [1.54, 1.807) is 42.5 Å². The predicted octanol–water partition coefficient (Wildman–Crippen LogP) is 4.56. The van der Waals surface area contributed by atoms with Crippen molar-refractivity contribution in [1.29, 1.82) is 0 Å². The number of nitrogens with one attached hydrogen (secondary N) is 3. The van der Waals surface area contributed by atoms with E-state index in [1.807, 2.05) is 6.20 Å². The number of hydrogen-bond donors (Lipinski definition) is 4. The highest BCUT2D eigenvalue weighted by molar-refractivity contribution is 6.25. The molecule has 0 spiro atoms. The van der Waals surface area contributed by atoms with Crippen LogP contribution in [-0.2, 0) is 20.8 Å². The van der Waals surface area contributed by atoms with Crippen molar-refractivity contribution < 1.29 is 33.9 Å². The van der Waals surface area contributed by atoms with Gasteiger partial charge < -0.3 is 25.5 Å². The minimum atomic E-state index is -0.995. The summed E-state index contributed by atoms with van der Waals surface area (Å²) in [6.45, 7) is 2.90. The summed E-state index contributed by atoms with van der Waals surface area (Å²) in [4.78, 5) is 81.0. The van der Waals surface area contributed by atoms with Crippen LogP contribution in [0.1, 0.15) is 94.4 Å². The number of aromatic hydroxyl groups is 1. The van der Waals surface area contributed by atoms with E-state index in [4.69, 9.17) is 0 Å². The lowest BCUT2D eigenvalue weighted by molar-refractivity contribution is -0.136. The van der Waals surface area contributed by atoms with E-state index < -0.39 is 29.7 Å². The number of ketones is 1. The van der Waals surface area contributed by atoms with E-state index in [-0.39, 0.29) is 41.4 Å². The summed E-state index contributed by atoms with van der Waals surface area (Å²) in [5, 5.41) is 18.6. The molecule has 3 aromatic carbocycles. The van der Waals surface area contributed by atoms with Crippen molar-refractivity contribution in [3.63, 3.8) is 0 Å². The number of phenols is 1. The molecule has 56 heavy (non-hydrogen) atoms. The third-order valence-corrected chi connectivity index (χ3v) is 11.2. The zero-order valence-electron chi connectivity index (χ0n) is 31.4. The van der Waals surface area contributed by atoms with Crippen molar-refractivity contribution in [1.82, 2.24) is 20.4 Å². The van der Waals surface area contributed by atoms with Gasteiger partial charge in [0.15, 0.2) is 5.78 Å². The molecule has 4 aliphatic heterocycles. The average molecular weight is 761 g/mol. The van der Waals surface area contributed by atoms with Crippen LogP contribution < -0.4 is 20.9 Å². The van der Waals surface area contributed by atoms with Crippen LogP contribution in [0.3, 0.4) is 0 Å². The fourth-order valence-corrected chi connectivity index (χ4v) is 8.28. The molecule has 5 amide bonds. The Labute approximate surface area is 326 Å². The summed E-state index contributed by atoms with van der Waals surface area (Å²) in [6.07, 6.45) is 10.4. The molecule has 7 rings (SSSR count). The number of anilines is 2.